The van der Waals surface area contributed by atoms with Crippen molar-refractivity contribution in [3.63, 3.8) is 0 Å². The number of alkyl carbamates (subject to hydrolysis) is 1. The number of carbonyl (C=O) groups excluding carboxylic acids is 2. The Balaban J connectivity index is 0.000000267. The molecule has 4 N–H and O–H groups in total. The van der Waals surface area contributed by atoms with E-state index in [1.54, 1.807) is 27.7 Å². The number of aliphatic hydroxyl groups excluding tert-OH is 1. The normalized spacial score (nSPS) is 22.8. The smallest absolute Gasteiger partial charge is 1.00 e. The van der Waals surface area contributed by atoms with Crippen LogP contribution in [0.3, 0.4) is 0 Å². The molecule has 6 aromatic rings. The Labute approximate surface area is 828 Å². The van der Waals surface area contributed by atoms with Gasteiger partial charge in [-0.05, 0) is 216 Å². The minimum absolute atomic E-state index is 0. The Morgan fingerprint density at radius 3 is 1.19 bits per heavy atom. The molecular formula is C84H104ClCs2F6N11O14S3. The first-order valence-corrected chi connectivity index (χ1v) is 44.7. The van der Waals surface area contributed by atoms with Crippen LogP contribution < -0.4 is 164 Å². The maximum absolute atomic E-state index is 15.3. The Morgan fingerprint density at radius 2 is 0.860 bits per heavy atom. The summed E-state index contributed by atoms with van der Waals surface area (Å²) in [5.41, 5.74) is 2.91. The van der Waals surface area contributed by atoms with E-state index in [4.69, 9.17) is 46.7 Å². The van der Waals surface area contributed by atoms with Crippen molar-refractivity contribution in [3.8, 4) is 11.8 Å². The number of amidine groups is 2. The van der Waals surface area contributed by atoms with E-state index in [1.807, 2.05) is 0 Å². The summed E-state index contributed by atoms with van der Waals surface area (Å²) in [6, 6.07) is 11.8. The standard InChI is InChI=1S/C32H40F2N4O5S.C25H30F2N4O3S.C20H20ClF2N3O2S.C6H12O.CH2O3.2Cs.H/c1-31(2)29(37-30(39)43-19-22-10-6-7-11-22)38-32(3,20-44(31,40)41)24-14-23(12-13-25(24)33)15-26(34)27-16-36-28(17-35-27)42-18-21-8-4-5-9-21;1-24(2)23(28)31-25(3,15-35(24,32)33)18-10-17(8-9-19(18)26)11-20(27)21-12-30-22(13-29-21)34-14-16-6-4-5-7-16;1-12-19(2,3)29(27,28)11-20(4,26-12)14-7-13(5-6-15(14)22)8-16(23)17-9-25-18(21)10-24-17;7-5-6-3-1-2-4-6;2-1-4-3;;;/h12-17,21-22H,4-11,18-20H2,1-3H3,(H,37,38,39);8-13,16H,4-7,14-15H2,1-3H3,(H2,28,31);5-10H,11H2,1-4H3;6-7H,1-5H2;1,3H;;;/q;;;;;2*+1;-1/p-1/b26-15-;20-11-;16-8-;;;;;/t32-;25-;20-;;;;;/m000...../s1. The van der Waals surface area contributed by atoms with E-state index in [2.05, 4.69) is 55.1 Å². The van der Waals surface area contributed by atoms with E-state index in [-0.39, 0.29) is 220 Å². The number of hydrogen-bond acceptors (Lipinski definition) is 24. The van der Waals surface area contributed by atoms with E-state index in [0.29, 0.717) is 66.2 Å². The molecule has 648 valence electrons. The summed E-state index contributed by atoms with van der Waals surface area (Å²) in [7, 11) is -11.2. The van der Waals surface area contributed by atoms with Gasteiger partial charge in [-0.2, -0.15) is 0 Å². The third-order valence-electron chi connectivity index (χ3n) is 22.9. The first-order chi connectivity index (χ1) is 56.0. The maximum Gasteiger partial charge on any atom is 1.00 e. The Morgan fingerprint density at radius 1 is 0.521 bits per heavy atom. The number of hydrogen-bond donors (Lipinski definition) is 3. The minimum Gasteiger partial charge on any atom is -1.00 e. The first kappa shape index (κ1) is 103. The predicted octanol–water partition coefficient (Wildman–Crippen LogP) is 9.17. The number of carbonyl (C=O) groups is 2. The number of sulfone groups is 3. The molecule has 0 spiro atoms. The second kappa shape index (κ2) is 44.6. The number of benzene rings is 3. The number of nitrogens with two attached hydrogens (primary N) is 1. The van der Waals surface area contributed by atoms with Crippen molar-refractivity contribution in [2.24, 2.45) is 44.4 Å². The number of aliphatic hydroxyl groups is 1. The van der Waals surface area contributed by atoms with Gasteiger partial charge in [0.1, 0.15) is 76.7 Å². The van der Waals surface area contributed by atoms with Crippen LogP contribution in [0.4, 0.5) is 31.1 Å². The van der Waals surface area contributed by atoms with Gasteiger partial charge in [0.05, 0.1) is 79.8 Å². The number of rotatable bonds is 19. The van der Waals surface area contributed by atoms with Crippen LogP contribution >= 0.6 is 11.6 Å². The van der Waals surface area contributed by atoms with Gasteiger partial charge >= 0.3 is 144 Å². The van der Waals surface area contributed by atoms with Gasteiger partial charge in [-0.15, -0.1) is 0 Å². The van der Waals surface area contributed by atoms with E-state index in [0.717, 1.165) is 63.5 Å². The SMILES string of the molecule is CC1(C)C(N)=N[C@](C)(c2cc(/C=C(\F)c3cnc(OCC4CCCC4)cn3)ccc2F)CS1(=O)=O.CC1(C)C(NC(=O)OCC2CCCC2)=N[C@](C)(c2cc(/C=C(\F)c3cnc(OCC4CCCC4)cn3)ccc2F)CS1(=O)=O.CC1=N[C@](C)(c2cc(/C=C(\F)c3cnc(Cl)cn3)ccc2F)CS(=O)(=O)C1(C)C.O=CO[O-].OCC1CCCC1.[Cs+].[Cs+].[H-]. The Kier molecular flexibility index (Phi) is 38.0. The van der Waals surface area contributed by atoms with Crippen LogP contribution in [0, 0.1) is 41.1 Å². The summed E-state index contributed by atoms with van der Waals surface area (Å²) in [6.07, 6.45) is 29.1. The number of aromatic nitrogens is 6. The van der Waals surface area contributed by atoms with E-state index in [1.165, 1.54) is 191 Å². The number of ether oxygens (including phenoxy) is 3. The fraction of sp³-hybridized carbons (Fsp3) is 0.512. The summed E-state index contributed by atoms with van der Waals surface area (Å²) >= 11 is 5.65. The second-order valence-electron chi connectivity index (χ2n) is 33.0. The van der Waals surface area contributed by atoms with Gasteiger partial charge in [0, 0.05) is 29.0 Å². The van der Waals surface area contributed by atoms with Gasteiger partial charge in [-0.3, -0.25) is 25.1 Å². The summed E-state index contributed by atoms with van der Waals surface area (Å²) in [6.45, 7) is 16.7. The van der Waals surface area contributed by atoms with Crippen molar-refractivity contribution in [1.29, 1.82) is 0 Å². The predicted molar refractivity (Wildman–Crippen MR) is 444 cm³/mol. The fourth-order valence-electron chi connectivity index (χ4n) is 14.9. The van der Waals surface area contributed by atoms with Crippen LogP contribution in [0.25, 0.3) is 35.7 Å². The molecule has 3 atom stereocenters. The zero-order chi connectivity index (χ0) is 87.1. The van der Waals surface area contributed by atoms with Crippen molar-refractivity contribution in [2.45, 2.75) is 203 Å². The van der Waals surface area contributed by atoms with Crippen LogP contribution in [0.15, 0.2) is 107 Å². The van der Waals surface area contributed by atoms with Gasteiger partial charge in [0.2, 0.25) is 11.8 Å². The Bertz CT molecular complexity index is 5160. The number of amides is 1. The average molecular weight is 2000 g/mol. The average Bonchev–Trinajstić information content (AvgIpc) is 0.946. The first-order valence-electron chi connectivity index (χ1n) is 39.3. The van der Waals surface area contributed by atoms with E-state index >= 15 is 8.78 Å². The molecule has 4 aliphatic carbocycles. The molecule has 6 heterocycles. The molecule has 1 amide bonds. The molecule has 0 saturated heterocycles. The van der Waals surface area contributed by atoms with Gasteiger partial charge in [0.15, 0.2) is 47.0 Å². The number of nitrogens with zero attached hydrogens (tertiary/aromatic N) is 9. The van der Waals surface area contributed by atoms with Crippen molar-refractivity contribution in [1.82, 2.24) is 35.2 Å². The molecule has 3 aromatic heterocycles. The molecule has 121 heavy (non-hydrogen) atoms. The molecule has 0 unspecified atom stereocenters. The number of aliphatic imine (C=N–C) groups is 3. The van der Waals surface area contributed by atoms with Crippen LogP contribution in [-0.2, 0) is 60.5 Å². The maximum atomic E-state index is 15.3. The van der Waals surface area contributed by atoms with Crippen LogP contribution in [0.5, 0.6) is 11.8 Å². The Hall–Kier alpha value is -4.99. The third-order valence-corrected chi connectivity index (χ3v) is 31.3. The zero-order valence-electron chi connectivity index (χ0n) is 71.3. The van der Waals surface area contributed by atoms with Gasteiger partial charge in [-0.25, -0.2) is 86.3 Å². The van der Waals surface area contributed by atoms with Crippen LogP contribution in [0.2, 0.25) is 5.15 Å². The number of halogens is 7. The van der Waals surface area contributed by atoms with Crippen molar-refractivity contribution in [2.75, 3.05) is 43.7 Å². The zero-order valence-corrected chi connectivity index (χ0v) is 86.0. The molecule has 25 nitrogen and oxygen atoms in total. The van der Waals surface area contributed by atoms with Gasteiger partial charge < -0.3 is 36.6 Å². The monoisotopic (exact) mass is 2000 g/mol. The largest absolute Gasteiger partial charge is 1.00 e. The third kappa shape index (κ3) is 26.8. The molecular weight excluding hydrogens is 1900 g/mol. The molecule has 13 rings (SSSR count). The molecule has 0 bridgehead atoms. The molecule has 3 aliphatic heterocycles. The fourth-order valence-corrected chi connectivity index (χ4v) is 20.2. The molecule has 4 saturated carbocycles. The summed E-state index contributed by atoms with van der Waals surface area (Å²) in [5, 5.41) is 19.6. The second-order valence-corrected chi connectivity index (χ2v) is 41.0. The van der Waals surface area contributed by atoms with Crippen LogP contribution in [-0.4, -0.2) is 148 Å². The van der Waals surface area contributed by atoms with E-state index in [9.17, 15) is 47.6 Å². The van der Waals surface area contributed by atoms with E-state index < -0.39 is 113 Å². The number of nitrogens with one attached hydrogen (secondary N) is 1. The summed E-state index contributed by atoms with van der Waals surface area (Å²) in [4.78, 5) is 61.5. The molecule has 37 heteroatoms. The van der Waals surface area contributed by atoms with Crippen molar-refractivity contribution in [3.05, 3.63) is 165 Å². The van der Waals surface area contributed by atoms with Gasteiger partial charge in [0.25, 0.3) is 6.47 Å². The summed E-state index contributed by atoms with van der Waals surface area (Å²) < 4.78 is 180. The minimum atomic E-state index is -3.94. The van der Waals surface area contributed by atoms with Crippen molar-refractivity contribution < 1.29 is 230 Å². The molecule has 4 fully saturated rings. The summed E-state index contributed by atoms with van der Waals surface area (Å²) in [5.74, 6) is -2.97. The molecule has 7 aliphatic rings. The topological polar surface area (TPSA) is 369 Å². The van der Waals surface area contributed by atoms with Crippen LogP contribution in [0.1, 0.15) is 224 Å². The van der Waals surface area contributed by atoms with Crippen molar-refractivity contribution >= 4 is 107 Å². The quantitative estimate of drug-likeness (QED) is 0.0294. The molecule has 0 radical (unpaired) electrons. The molecule has 3 aromatic carbocycles. The van der Waals surface area contributed by atoms with Gasteiger partial charge in [-0.1, -0.05) is 81.2 Å².